The Morgan fingerprint density at radius 2 is 1.83 bits per heavy atom. The molecule has 0 saturated heterocycles. The van der Waals surface area contributed by atoms with E-state index in [0.717, 1.165) is 55.7 Å². The molecule has 0 aliphatic heterocycles. The molecule has 122 valence electrons. The third-order valence-corrected chi connectivity index (χ3v) is 4.37. The zero-order valence-electron chi connectivity index (χ0n) is 12.8. The van der Waals surface area contributed by atoms with Crippen LogP contribution in [0.4, 0.5) is 5.82 Å². The molecule has 1 aromatic carbocycles. The zero-order chi connectivity index (χ0) is 16.2. The van der Waals surface area contributed by atoms with Crippen molar-refractivity contribution in [2.75, 3.05) is 18.5 Å². The predicted octanol–water partition coefficient (Wildman–Crippen LogP) is 4.12. The van der Waals surface area contributed by atoms with Gasteiger partial charge in [0.1, 0.15) is 5.82 Å². The van der Waals surface area contributed by atoms with Crippen LogP contribution in [0.3, 0.4) is 0 Å². The van der Waals surface area contributed by atoms with Crippen molar-refractivity contribution < 1.29 is 5.11 Å². The van der Waals surface area contributed by atoms with Gasteiger partial charge in [-0.25, -0.2) is 9.97 Å². The Kier molecular flexibility index (Phi) is 5.36. The van der Waals surface area contributed by atoms with Crippen molar-refractivity contribution >= 4 is 29.0 Å². The fourth-order valence-corrected chi connectivity index (χ4v) is 3.36. The summed E-state index contributed by atoms with van der Waals surface area (Å²) in [5.41, 5.74) is 3.15. The van der Waals surface area contributed by atoms with E-state index in [4.69, 9.17) is 38.3 Å². The van der Waals surface area contributed by atoms with Gasteiger partial charge in [-0.15, -0.1) is 0 Å². The van der Waals surface area contributed by atoms with E-state index in [-0.39, 0.29) is 6.61 Å². The van der Waals surface area contributed by atoms with Gasteiger partial charge in [-0.1, -0.05) is 23.2 Å². The first-order valence-corrected chi connectivity index (χ1v) is 8.64. The number of rotatable bonds is 6. The van der Waals surface area contributed by atoms with Crippen LogP contribution in [0.2, 0.25) is 10.0 Å². The largest absolute Gasteiger partial charge is 0.396 e. The molecule has 2 aromatic rings. The molecular formula is C17H19Cl2N3O. The van der Waals surface area contributed by atoms with Gasteiger partial charge in [0.05, 0.1) is 0 Å². The van der Waals surface area contributed by atoms with Crippen molar-refractivity contribution in [3.8, 4) is 11.4 Å². The number of unbranched alkanes of at least 4 members (excludes halogenated alkanes) is 1. The molecule has 0 amide bonds. The highest BCUT2D eigenvalue weighted by Crippen LogP contribution is 2.31. The molecule has 23 heavy (non-hydrogen) atoms. The molecule has 6 heteroatoms. The first-order valence-electron chi connectivity index (χ1n) is 7.88. The quantitative estimate of drug-likeness (QED) is 0.768. The maximum atomic E-state index is 8.88. The Hall–Kier alpha value is -1.36. The number of anilines is 1. The lowest BCUT2D eigenvalue weighted by molar-refractivity contribution is 0.286. The topological polar surface area (TPSA) is 58.0 Å². The van der Waals surface area contributed by atoms with Gasteiger partial charge in [0.15, 0.2) is 5.82 Å². The molecule has 0 atom stereocenters. The molecule has 0 spiro atoms. The number of hydrogen-bond donors (Lipinski definition) is 2. The van der Waals surface area contributed by atoms with Crippen molar-refractivity contribution in [2.45, 2.75) is 32.1 Å². The van der Waals surface area contributed by atoms with Gasteiger partial charge in [-0.2, -0.15) is 0 Å². The Morgan fingerprint density at radius 3 is 2.57 bits per heavy atom. The van der Waals surface area contributed by atoms with Crippen LogP contribution in [0, 0.1) is 0 Å². The molecule has 1 aromatic heterocycles. The highest BCUT2D eigenvalue weighted by atomic mass is 35.5. The second-order valence-electron chi connectivity index (χ2n) is 5.69. The summed E-state index contributed by atoms with van der Waals surface area (Å²) in [6.07, 6.45) is 4.79. The molecule has 3 rings (SSSR count). The normalized spacial score (nSPS) is 13.2. The van der Waals surface area contributed by atoms with E-state index in [1.165, 1.54) is 5.56 Å². The number of hydrogen-bond acceptors (Lipinski definition) is 4. The van der Waals surface area contributed by atoms with Gasteiger partial charge in [-0.05, 0) is 50.3 Å². The number of benzene rings is 1. The fourth-order valence-electron chi connectivity index (χ4n) is 2.83. The summed E-state index contributed by atoms with van der Waals surface area (Å²) in [7, 11) is 0. The maximum absolute atomic E-state index is 8.88. The lowest BCUT2D eigenvalue weighted by Gasteiger charge is -2.12. The molecule has 1 aliphatic rings. The van der Waals surface area contributed by atoms with Crippen LogP contribution < -0.4 is 5.32 Å². The highest BCUT2D eigenvalue weighted by molar-refractivity contribution is 6.35. The van der Waals surface area contributed by atoms with Crippen molar-refractivity contribution in [1.82, 2.24) is 9.97 Å². The van der Waals surface area contributed by atoms with E-state index in [2.05, 4.69) is 5.32 Å². The lowest BCUT2D eigenvalue weighted by atomic mass is 10.2. The van der Waals surface area contributed by atoms with Crippen LogP contribution in [-0.4, -0.2) is 28.2 Å². The number of aliphatic hydroxyl groups is 1. The monoisotopic (exact) mass is 351 g/mol. The number of aryl methyl sites for hydroxylation is 1. The molecule has 1 heterocycles. The number of fused-ring (bicyclic) bond motifs is 1. The number of aliphatic hydroxyl groups excluding tert-OH is 1. The highest BCUT2D eigenvalue weighted by Gasteiger charge is 2.20. The number of halogens is 2. The number of aromatic nitrogens is 2. The summed E-state index contributed by atoms with van der Waals surface area (Å²) in [6.45, 7) is 1.01. The summed E-state index contributed by atoms with van der Waals surface area (Å²) in [5, 5.41) is 13.4. The number of nitrogens with zero attached hydrogens (tertiary/aromatic N) is 2. The average molecular weight is 352 g/mol. The third-order valence-electron chi connectivity index (χ3n) is 3.93. The maximum Gasteiger partial charge on any atom is 0.161 e. The van der Waals surface area contributed by atoms with Crippen LogP contribution in [0.5, 0.6) is 0 Å². The van der Waals surface area contributed by atoms with Crippen molar-refractivity contribution in [3.63, 3.8) is 0 Å². The van der Waals surface area contributed by atoms with Crippen LogP contribution in [-0.2, 0) is 12.8 Å². The van der Waals surface area contributed by atoms with E-state index in [1.54, 1.807) is 6.07 Å². The molecule has 0 fully saturated rings. The van der Waals surface area contributed by atoms with E-state index in [0.29, 0.717) is 15.9 Å². The molecule has 4 nitrogen and oxygen atoms in total. The summed E-state index contributed by atoms with van der Waals surface area (Å²) >= 11 is 12.2. The van der Waals surface area contributed by atoms with E-state index in [9.17, 15) is 0 Å². The second kappa shape index (κ2) is 7.47. The molecule has 2 N–H and O–H groups in total. The van der Waals surface area contributed by atoms with Gasteiger partial charge in [0, 0.05) is 40.0 Å². The van der Waals surface area contributed by atoms with Crippen molar-refractivity contribution in [3.05, 3.63) is 39.5 Å². The van der Waals surface area contributed by atoms with Crippen molar-refractivity contribution in [1.29, 1.82) is 0 Å². The summed E-state index contributed by atoms with van der Waals surface area (Å²) in [5.74, 6) is 1.55. The number of nitrogens with one attached hydrogen (secondary N) is 1. The van der Waals surface area contributed by atoms with Crippen LogP contribution in [0.25, 0.3) is 11.4 Å². The SMILES string of the molecule is OCCCCNc1nc(-c2cc(Cl)cc(Cl)c2)nc2c1CCC2. The van der Waals surface area contributed by atoms with Gasteiger partial charge in [0.25, 0.3) is 0 Å². The molecule has 0 bridgehead atoms. The van der Waals surface area contributed by atoms with Gasteiger partial charge < -0.3 is 10.4 Å². The van der Waals surface area contributed by atoms with Gasteiger partial charge in [0.2, 0.25) is 0 Å². The summed E-state index contributed by atoms with van der Waals surface area (Å²) in [4.78, 5) is 9.39. The van der Waals surface area contributed by atoms with E-state index < -0.39 is 0 Å². The molecule has 1 aliphatic carbocycles. The smallest absolute Gasteiger partial charge is 0.161 e. The van der Waals surface area contributed by atoms with Gasteiger partial charge in [-0.3, -0.25) is 0 Å². The fraction of sp³-hybridized carbons (Fsp3) is 0.412. The van der Waals surface area contributed by atoms with Crippen LogP contribution in [0.15, 0.2) is 18.2 Å². The second-order valence-corrected chi connectivity index (χ2v) is 6.56. The van der Waals surface area contributed by atoms with Crippen LogP contribution in [0.1, 0.15) is 30.5 Å². The van der Waals surface area contributed by atoms with Crippen molar-refractivity contribution in [2.24, 2.45) is 0 Å². The van der Waals surface area contributed by atoms with Gasteiger partial charge >= 0.3 is 0 Å². The van der Waals surface area contributed by atoms with Crippen LogP contribution >= 0.6 is 23.2 Å². The minimum Gasteiger partial charge on any atom is -0.396 e. The Morgan fingerprint density at radius 1 is 1.04 bits per heavy atom. The average Bonchev–Trinajstić information content (AvgIpc) is 2.99. The standard InChI is InChI=1S/C17H19Cl2N3O/c18-12-8-11(9-13(19)10-12)16-21-15-5-3-4-14(15)17(22-16)20-6-1-2-7-23/h8-10,23H,1-7H2,(H,20,21,22). The Bertz CT molecular complexity index is 686. The lowest BCUT2D eigenvalue weighted by Crippen LogP contribution is -2.09. The Labute approximate surface area is 145 Å². The summed E-state index contributed by atoms with van der Waals surface area (Å²) < 4.78 is 0. The molecule has 0 unspecified atom stereocenters. The minimum absolute atomic E-state index is 0.218. The third kappa shape index (κ3) is 3.94. The Balaban J connectivity index is 1.92. The van der Waals surface area contributed by atoms with E-state index >= 15 is 0 Å². The zero-order valence-corrected chi connectivity index (χ0v) is 14.3. The molecule has 0 radical (unpaired) electrons. The molecular weight excluding hydrogens is 333 g/mol. The predicted molar refractivity (Wildman–Crippen MR) is 94.3 cm³/mol. The first kappa shape index (κ1) is 16.5. The first-order chi connectivity index (χ1) is 11.2. The summed E-state index contributed by atoms with van der Waals surface area (Å²) in [6, 6.07) is 5.37. The van der Waals surface area contributed by atoms with E-state index in [1.807, 2.05) is 12.1 Å². The minimum atomic E-state index is 0.218. The molecule has 0 saturated carbocycles.